The molecule has 10 rings (SSSR count). The van der Waals surface area contributed by atoms with Crippen LogP contribution in [0.3, 0.4) is 0 Å². The first kappa shape index (κ1) is 46.8. The van der Waals surface area contributed by atoms with Gasteiger partial charge >= 0.3 is 0 Å². The number of aryl methyl sites for hydroxylation is 6. The van der Waals surface area contributed by atoms with Gasteiger partial charge in [-0.2, -0.15) is 9.97 Å². The second kappa shape index (κ2) is 20.4. The third-order valence-electron chi connectivity index (χ3n) is 12.9. The lowest BCUT2D eigenvalue weighted by Gasteiger charge is -2.40. The molecule has 0 radical (unpaired) electrons. The largest absolute Gasteiger partial charge is 0.380 e. The third-order valence-corrected chi connectivity index (χ3v) is 13.2. The quantitative estimate of drug-likeness (QED) is 0.131. The van der Waals surface area contributed by atoms with Gasteiger partial charge in [0.25, 0.3) is 11.8 Å². The molecule has 4 saturated heterocycles. The Morgan fingerprint density at radius 1 is 0.662 bits per heavy atom. The van der Waals surface area contributed by atoms with Crippen molar-refractivity contribution < 1.29 is 27.3 Å². The van der Waals surface area contributed by atoms with E-state index in [9.17, 15) is 8.78 Å². The lowest BCUT2D eigenvalue weighted by molar-refractivity contribution is 0.185. The molecule has 4 aromatic heterocycles. The number of benzene rings is 2. The Balaban J connectivity index is 0.000000148. The zero-order valence-corrected chi connectivity index (χ0v) is 39.4. The van der Waals surface area contributed by atoms with Gasteiger partial charge in [0.05, 0.1) is 24.3 Å². The van der Waals surface area contributed by atoms with Crippen LogP contribution >= 0.6 is 11.6 Å². The monoisotopic (exact) mass is 914 g/mol. The average Bonchev–Trinajstić information content (AvgIpc) is 4.11. The second-order valence-corrected chi connectivity index (χ2v) is 18.6. The summed E-state index contributed by atoms with van der Waals surface area (Å²) >= 11 is 6.16. The van der Waals surface area contributed by atoms with Crippen molar-refractivity contribution in [3.63, 3.8) is 0 Å². The van der Waals surface area contributed by atoms with Crippen molar-refractivity contribution in [3.05, 3.63) is 75.0 Å². The first-order valence-electron chi connectivity index (χ1n) is 22.9. The van der Waals surface area contributed by atoms with E-state index in [0.29, 0.717) is 70.1 Å². The van der Waals surface area contributed by atoms with Gasteiger partial charge in [-0.1, -0.05) is 21.9 Å². The van der Waals surface area contributed by atoms with Crippen LogP contribution in [0, 0.1) is 53.2 Å². The lowest BCUT2D eigenvalue weighted by Crippen LogP contribution is -2.50. The zero-order valence-electron chi connectivity index (χ0n) is 38.7. The van der Waals surface area contributed by atoms with Gasteiger partial charge in [-0.05, 0) is 147 Å². The molecule has 4 aliphatic rings. The van der Waals surface area contributed by atoms with E-state index in [1.807, 2.05) is 39.8 Å². The number of nitrogens with zero attached hydrogens (tertiary/aromatic N) is 7. The summed E-state index contributed by atoms with van der Waals surface area (Å²) in [6.45, 7) is 21.0. The Morgan fingerprint density at radius 2 is 1.20 bits per heavy atom. The minimum atomic E-state index is -0.391. The number of hydrogen-bond donors (Lipinski definition) is 3. The van der Waals surface area contributed by atoms with Crippen LogP contribution in [0.2, 0.25) is 5.15 Å². The van der Waals surface area contributed by atoms with E-state index in [2.05, 4.69) is 60.0 Å². The highest BCUT2D eigenvalue weighted by Gasteiger charge is 2.33. The van der Waals surface area contributed by atoms with Gasteiger partial charge in [-0.3, -0.25) is 0 Å². The topological polar surface area (TPSA) is 161 Å². The van der Waals surface area contributed by atoms with E-state index in [-0.39, 0.29) is 22.5 Å². The number of halogens is 3. The van der Waals surface area contributed by atoms with Crippen molar-refractivity contribution in [2.24, 2.45) is 0 Å². The fourth-order valence-corrected chi connectivity index (χ4v) is 9.91. The number of hydrogen-bond acceptors (Lipinski definition) is 14. The zero-order chi connectivity index (χ0) is 45.9. The number of anilines is 1. The van der Waals surface area contributed by atoms with Gasteiger partial charge < -0.3 is 39.4 Å². The second-order valence-electron chi connectivity index (χ2n) is 18.2. The van der Waals surface area contributed by atoms with E-state index in [1.165, 1.54) is 25.3 Å². The maximum Gasteiger partial charge on any atom is 0.261 e. The predicted molar refractivity (Wildman–Crippen MR) is 248 cm³/mol. The molecule has 0 aliphatic carbocycles. The molecular weight excluding hydrogens is 854 g/mol. The third kappa shape index (κ3) is 10.8. The van der Waals surface area contributed by atoms with E-state index in [1.54, 1.807) is 19.9 Å². The molecule has 6 atom stereocenters. The number of aromatic nitrogens is 6. The van der Waals surface area contributed by atoms with E-state index in [0.717, 1.165) is 97.8 Å². The highest BCUT2D eigenvalue weighted by molar-refractivity contribution is 6.32. The van der Waals surface area contributed by atoms with Gasteiger partial charge in [-0.15, -0.1) is 0 Å². The molecule has 17 heteroatoms. The lowest BCUT2D eigenvalue weighted by atomic mass is 9.95. The van der Waals surface area contributed by atoms with Crippen LogP contribution in [0.1, 0.15) is 86.3 Å². The Bertz CT molecular complexity index is 2610. The molecule has 0 saturated carbocycles. The minimum Gasteiger partial charge on any atom is -0.380 e. The van der Waals surface area contributed by atoms with Crippen molar-refractivity contribution in [2.75, 3.05) is 44.4 Å². The molecule has 0 bridgehead atoms. The van der Waals surface area contributed by atoms with Gasteiger partial charge in [0.15, 0.2) is 11.6 Å². The van der Waals surface area contributed by atoms with Gasteiger partial charge in [-0.25, -0.2) is 18.7 Å². The molecular formula is C48H61ClF2N10O4. The molecule has 14 nitrogen and oxygen atoms in total. The summed E-state index contributed by atoms with van der Waals surface area (Å²) in [6.07, 6.45) is 6.75. The molecule has 8 heterocycles. The predicted octanol–water partition coefficient (Wildman–Crippen LogP) is 8.59. The van der Waals surface area contributed by atoms with Crippen molar-refractivity contribution in [3.8, 4) is 22.9 Å². The molecule has 4 aliphatic heterocycles. The van der Waals surface area contributed by atoms with Crippen LogP contribution in [-0.2, 0) is 9.47 Å². The fourth-order valence-electron chi connectivity index (χ4n) is 9.61. The molecule has 4 fully saturated rings. The smallest absolute Gasteiger partial charge is 0.261 e. The molecule has 3 N–H and O–H groups in total. The van der Waals surface area contributed by atoms with Crippen LogP contribution in [0.15, 0.2) is 33.3 Å². The van der Waals surface area contributed by atoms with Crippen LogP contribution in [0.25, 0.3) is 44.7 Å². The summed E-state index contributed by atoms with van der Waals surface area (Å²) in [5, 5.41) is 20.3. The van der Waals surface area contributed by atoms with Gasteiger partial charge in [0.2, 0.25) is 0 Å². The summed E-state index contributed by atoms with van der Waals surface area (Å²) < 4.78 is 50.5. The number of nitrogens with one attached hydrogen (secondary N) is 3. The fraction of sp³-hybridized carbons (Fsp3) is 0.542. The van der Waals surface area contributed by atoms with Gasteiger partial charge in [0.1, 0.15) is 33.6 Å². The Kier molecular flexibility index (Phi) is 14.7. The Morgan fingerprint density at radius 3 is 1.71 bits per heavy atom. The number of piperidine rings is 2. The first-order chi connectivity index (χ1) is 31.2. The molecule has 348 valence electrons. The summed E-state index contributed by atoms with van der Waals surface area (Å²) in [5.41, 5.74) is 5.33. The molecule has 65 heavy (non-hydrogen) atoms. The van der Waals surface area contributed by atoms with Crippen molar-refractivity contribution in [2.45, 2.75) is 130 Å². The number of fused-ring (bicyclic) bond motifs is 2. The van der Waals surface area contributed by atoms with Crippen molar-refractivity contribution in [1.29, 1.82) is 0 Å². The molecule has 0 amide bonds. The average molecular weight is 916 g/mol. The van der Waals surface area contributed by atoms with E-state index < -0.39 is 5.82 Å². The van der Waals surface area contributed by atoms with Crippen LogP contribution in [-0.4, -0.2) is 106 Å². The standard InChI is InChI=1S/C24H30FN5O2.C14H11ClFN3O.C10H20N2O/c1-13-9-19-15(3)21(24-26-16(4)29-32-24)23(28-22(19)20(25)10-13)30-7-5-17(11-14(30)2)27-18-6-8-31-12-18;1-6-4-9-7(2)11(14-17-8(3)19-20-14)13(15)18-12(9)10(16)5-6;1-8-6-9(2-4-11-8)12-10-3-5-13-7-10/h9-10,14,17-18,27H,5-8,11-12H2,1-4H3;4-5H,1-3H3;8-12H,2-7H2,1H3/t14-,17-,18+;;8-,9-,10+/m1.1/s1. The van der Waals surface area contributed by atoms with Crippen LogP contribution < -0.4 is 20.9 Å². The SMILES string of the molecule is C[C@@H]1C[C@H](N[C@H]2CCOC2)CCN1.Cc1cc(F)c2nc(Cl)c(-c3nc(C)no3)c(C)c2c1.Cc1cc(F)c2nc(N3CC[C@@H](N[C@H]4CCOC4)C[C@H]3C)c(-c3nc(C)no3)c(C)c2c1. The Hall–Kier alpha value is -4.71. The summed E-state index contributed by atoms with van der Waals surface area (Å²) in [5.74, 6) is 1.82. The summed E-state index contributed by atoms with van der Waals surface area (Å²) in [6, 6.07) is 9.91. The maximum atomic E-state index is 14.9. The Labute approximate surface area is 384 Å². The van der Waals surface area contributed by atoms with E-state index >= 15 is 0 Å². The first-order valence-corrected chi connectivity index (χ1v) is 23.3. The number of rotatable bonds is 7. The highest BCUT2D eigenvalue weighted by Crippen LogP contribution is 2.40. The molecule has 6 aromatic rings. The normalized spacial score (nSPS) is 23.4. The molecule has 0 unspecified atom stereocenters. The van der Waals surface area contributed by atoms with Crippen molar-refractivity contribution >= 4 is 39.2 Å². The maximum absolute atomic E-state index is 14.9. The van der Waals surface area contributed by atoms with Crippen LogP contribution in [0.5, 0.6) is 0 Å². The highest BCUT2D eigenvalue weighted by atomic mass is 35.5. The van der Waals surface area contributed by atoms with Crippen LogP contribution in [0.4, 0.5) is 14.6 Å². The summed E-state index contributed by atoms with van der Waals surface area (Å²) in [7, 11) is 0. The van der Waals surface area contributed by atoms with Gasteiger partial charge in [0, 0.05) is 66.8 Å². The number of ether oxygens (including phenoxy) is 2. The molecule has 0 spiro atoms. The van der Waals surface area contributed by atoms with E-state index in [4.69, 9.17) is 35.1 Å². The summed E-state index contributed by atoms with van der Waals surface area (Å²) in [4.78, 5) is 19.9. The molecule has 2 aromatic carbocycles. The van der Waals surface area contributed by atoms with Crippen molar-refractivity contribution in [1.82, 2.24) is 46.2 Å². The number of pyridine rings is 2. The minimum absolute atomic E-state index is 0.154.